The maximum Gasteiger partial charge on any atom is 0.324 e. The van der Waals surface area contributed by atoms with E-state index in [2.05, 4.69) is 5.32 Å². The molecular weight excluding hydrogens is 382 g/mol. The summed E-state index contributed by atoms with van der Waals surface area (Å²) >= 11 is 0.769. The maximum atomic E-state index is 12.5. The van der Waals surface area contributed by atoms with Crippen LogP contribution in [0.25, 0.3) is 0 Å². The van der Waals surface area contributed by atoms with Crippen LogP contribution in [0, 0.1) is 10.1 Å². The van der Waals surface area contributed by atoms with Gasteiger partial charge in [-0.25, -0.2) is 8.42 Å². The number of nitrogens with one attached hydrogen (secondary N) is 1. The number of anilines is 1. The van der Waals surface area contributed by atoms with Crippen LogP contribution in [0.3, 0.4) is 0 Å². The highest BCUT2D eigenvalue weighted by atomic mass is 32.2. The van der Waals surface area contributed by atoms with Gasteiger partial charge in [0.1, 0.15) is 0 Å². The molecule has 0 radical (unpaired) electrons. The molecule has 26 heavy (non-hydrogen) atoms. The van der Waals surface area contributed by atoms with Crippen LogP contribution in [0.2, 0.25) is 0 Å². The van der Waals surface area contributed by atoms with Gasteiger partial charge in [-0.2, -0.15) is 4.31 Å². The second-order valence-corrected chi connectivity index (χ2v) is 8.39. The van der Waals surface area contributed by atoms with Gasteiger partial charge in [-0.1, -0.05) is 11.3 Å². The predicted molar refractivity (Wildman–Crippen MR) is 94.9 cm³/mol. The molecule has 1 aliphatic heterocycles. The van der Waals surface area contributed by atoms with E-state index in [1.807, 2.05) is 0 Å². The molecule has 0 atom stereocenters. The molecule has 2 aromatic rings. The van der Waals surface area contributed by atoms with Gasteiger partial charge in [0.2, 0.25) is 10.0 Å². The highest BCUT2D eigenvalue weighted by Gasteiger charge is 2.26. The summed E-state index contributed by atoms with van der Waals surface area (Å²) in [5, 5.41) is 13.1. The van der Waals surface area contributed by atoms with Crippen LogP contribution >= 0.6 is 11.3 Å². The number of amides is 1. The van der Waals surface area contributed by atoms with Crippen molar-refractivity contribution >= 4 is 38.0 Å². The molecule has 11 heteroatoms. The van der Waals surface area contributed by atoms with E-state index in [1.54, 1.807) is 0 Å². The van der Waals surface area contributed by atoms with E-state index in [9.17, 15) is 23.3 Å². The normalized spacial score (nSPS) is 15.5. The number of sulfonamides is 1. The van der Waals surface area contributed by atoms with Gasteiger partial charge >= 0.3 is 5.00 Å². The Kier molecular flexibility index (Phi) is 5.32. The molecule has 1 aromatic heterocycles. The molecule has 1 saturated heterocycles. The van der Waals surface area contributed by atoms with Gasteiger partial charge in [-0.05, 0) is 30.3 Å². The Labute approximate surface area is 153 Å². The third kappa shape index (κ3) is 3.90. The van der Waals surface area contributed by atoms with E-state index in [0.717, 1.165) is 11.3 Å². The van der Waals surface area contributed by atoms with Gasteiger partial charge in [0, 0.05) is 24.8 Å². The first kappa shape index (κ1) is 18.5. The number of nitrogens with zero attached hydrogens (tertiary/aromatic N) is 2. The summed E-state index contributed by atoms with van der Waals surface area (Å²) in [4.78, 5) is 22.6. The van der Waals surface area contributed by atoms with E-state index in [-0.39, 0.29) is 14.8 Å². The molecule has 0 unspecified atom stereocenters. The van der Waals surface area contributed by atoms with E-state index in [4.69, 9.17) is 4.74 Å². The number of ether oxygens (including phenoxy) is 1. The number of carbonyl (C=O) groups excluding carboxylic acids is 1. The standard InChI is InChI=1S/C15H15N3O6S2/c19-15(13-5-6-14(25-13)18(20)21)16-11-1-3-12(4-2-11)26(22,23)17-7-9-24-10-8-17/h1-6H,7-10H2,(H,16,19). The second kappa shape index (κ2) is 7.50. The van der Waals surface area contributed by atoms with Crippen molar-refractivity contribution in [1.29, 1.82) is 0 Å². The smallest absolute Gasteiger partial charge is 0.324 e. The van der Waals surface area contributed by atoms with Crippen molar-refractivity contribution in [3.05, 3.63) is 51.4 Å². The minimum absolute atomic E-state index is 0.123. The SMILES string of the molecule is O=C(Nc1ccc(S(=O)(=O)N2CCOCC2)cc1)c1ccc([N+](=O)[O-])s1. The largest absolute Gasteiger partial charge is 0.379 e. The lowest BCUT2D eigenvalue weighted by molar-refractivity contribution is -0.380. The fourth-order valence-corrected chi connectivity index (χ4v) is 4.51. The van der Waals surface area contributed by atoms with E-state index in [1.165, 1.54) is 40.7 Å². The molecule has 1 amide bonds. The molecule has 9 nitrogen and oxygen atoms in total. The summed E-state index contributed by atoms with van der Waals surface area (Å²) in [5.74, 6) is -0.494. The highest BCUT2D eigenvalue weighted by Crippen LogP contribution is 2.25. The summed E-state index contributed by atoms with van der Waals surface area (Å²) in [5.41, 5.74) is 0.395. The average molecular weight is 397 g/mol. The van der Waals surface area contributed by atoms with Crippen LogP contribution < -0.4 is 5.32 Å². The highest BCUT2D eigenvalue weighted by molar-refractivity contribution is 7.89. The molecule has 1 N–H and O–H groups in total. The van der Waals surface area contributed by atoms with Crippen LogP contribution in [0.1, 0.15) is 9.67 Å². The summed E-state index contributed by atoms with van der Waals surface area (Å²) in [6, 6.07) is 8.42. The van der Waals surface area contributed by atoms with Crippen LogP contribution in [0.4, 0.5) is 10.7 Å². The van der Waals surface area contributed by atoms with Crippen LogP contribution in [0.5, 0.6) is 0 Å². The van der Waals surface area contributed by atoms with Gasteiger partial charge in [0.15, 0.2) is 0 Å². The van der Waals surface area contributed by atoms with Crippen molar-refractivity contribution in [2.75, 3.05) is 31.6 Å². The predicted octanol–water partition coefficient (Wildman–Crippen LogP) is 1.93. The Bertz CT molecular complexity index is 917. The van der Waals surface area contributed by atoms with Crippen LogP contribution in [0.15, 0.2) is 41.3 Å². The minimum Gasteiger partial charge on any atom is -0.379 e. The Morgan fingerprint density at radius 3 is 2.38 bits per heavy atom. The van der Waals surface area contributed by atoms with E-state index < -0.39 is 20.9 Å². The van der Waals surface area contributed by atoms with Crippen LogP contribution in [-0.4, -0.2) is 49.9 Å². The lowest BCUT2D eigenvalue weighted by Gasteiger charge is -2.26. The van der Waals surface area contributed by atoms with Gasteiger partial charge in [0.25, 0.3) is 5.91 Å². The fourth-order valence-electron chi connectivity index (χ4n) is 2.39. The molecule has 138 valence electrons. The lowest BCUT2D eigenvalue weighted by atomic mass is 10.3. The molecule has 2 heterocycles. The number of thiophene rings is 1. The average Bonchev–Trinajstić information content (AvgIpc) is 3.13. The molecule has 0 spiro atoms. The number of rotatable bonds is 5. The van der Waals surface area contributed by atoms with Crippen molar-refractivity contribution in [3.63, 3.8) is 0 Å². The third-order valence-corrected chi connectivity index (χ3v) is 6.66. The molecule has 1 fully saturated rings. The van der Waals surface area contributed by atoms with Gasteiger partial charge in [0.05, 0.1) is 27.9 Å². The first-order valence-electron chi connectivity index (χ1n) is 7.61. The third-order valence-electron chi connectivity index (χ3n) is 3.72. The fraction of sp³-hybridized carbons (Fsp3) is 0.267. The molecule has 3 rings (SSSR count). The molecular formula is C15H15N3O6S2. The molecule has 1 aliphatic rings. The zero-order valence-corrected chi connectivity index (χ0v) is 15.1. The van der Waals surface area contributed by atoms with Crippen molar-refractivity contribution in [3.8, 4) is 0 Å². The number of carbonyl (C=O) groups is 1. The molecule has 0 saturated carbocycles. The summed E-state index contributed by atoms with van der Waals surface area (Å²) in [6.45, 7) is 1.33. The number of hydrogen-bond donors (Lipinski definition) is 1. The first-order chi connectivity index (χ1) is 12.4. The number of nitro groups is 1. The van der Waals surface area contributed by atoms with Crippen molar-refractivity contribution in [2.24, 2.45) is 0 Å². The zero-order chi connectivity index (χ0) is 18.7. The van der Waals surface area contributed by atoms with E-state index >= 15 is 0 Å². The topological polar surface area (TPSA) is 119 Å². The summed E-state index contributed by atoms with van der Waals surface area (Å²) < 4.78 is 31.6. The first-order valence-corrected chi connectivity index (χ1v) is 9.87. The molecule has 0 aliphatic carbocycles. The Balaban J connectivity index is 1.70. The quantitative estimate of drug-likeness (QED) is 0.608. The van der Waals surface area contributed by atoms with Crippen molar-refractivity contribution in [2.45, 2.75) is 4.90 Å². The summed E-state index contributed by atoms with van der Waals surface area (Å²) in [6.07, 6.45) is 0. The number of morpholine rings is 1. The Morgan fingerprint density at radius 2 is 1.81 bits per heavy atom. The molecule has 0 bridgehead atoms. The zero-order valence-electron chi connectivity index (χ0n) is 13.5. The summed E-state index contributed by atoms with van der Waals surface area (Å²) in [7, 11) is -3.60. The molecule has 1 aromatic carbocycles. The van der Waals surface area contributed by atoms with Crippen molar-refractivity contribution in [1.82, 2.24) is 4.31 Å². The maximum absolute atomic E-state index is 12.5. The van der Waals surface area contributed by atoms with Gasteiger partial charge in [-0.3, -0.25) is 14.9 Å². The minimum atomic E-state index is -3.60. The van der Waals surface area contributed by atoms with Crippen LogP contribution in [-0.2, 0) is 14.8 Å². The van der Waals surface area contributed by atoms with E-state index in [0.29, 0.717) is 32.0 Å². The lowest BCUT2D eigenvalue weighted by Crippen LogP contribution is -2.40. The van der Waals surface area contributed by atoms with Crippen molar-refractivity contribution < 1.29 is 22.9 Å². The number of hydrogen-bond acceptors (Lipinski definition) is 7. The van der Waals surface area contributed by atoms with Gasteiger partial charge < -0.3 is 10.1 Å². The van der Waals surface area contributed by atoms with Gasteiger partial charge in [-0.15, -0.1) is 0 Å². The number of benzene rings is 1. The Morgan fingerprint density at radius 1 is 1.15 bits per heavy atom. The monoisotopic (exact) mass is 397 g/mol. The second-order valence-electron chi connectivity index (χ2n) is 5.39. The Hall–Kier alpha value is -2.34.